The molecule has 2 aliphatic rings. The van der Waals surface area contributed by atoms with Gasteiger partial charge in [0.25, 0.3) is 11.8 Å². The SMILES string of the molecule is C=C(/C=C\C(=C)C(=O)NCCC(=O)O)CN1C(=O)C(CCc2ccccc2)=NC12CCC(C(C)(C)C)CC2. The van der Waals surface area contributed by atoms with Crippen molar-refractivity contribution in [3.05, 3.63) is 72.4 Å². The number of carbonyl (C=O) groups is 3. The molecule has 38 heavy (non-hydrogen) atoms. The van der Waals surface area contributed by atoms with Crippen molar-refractivity contribution < 1.29 is 19.5 Å². The second kappa shape index (κ2) is 12.4. The summed E-state index contributed by atoms with van der Waals surface area (Å²) in [4.78, 5) is 43.4. The Balaban J connectivity index is 1.70. The highest BCUT2D eigenvalue weighted by Gasteiger charge is 2.49. The zero-order valence-electron chi connectivity index (χ0n) is 23.0. The second-order valence-electron chi connectivity index (χ2n) is 11.5. The third kappa shape index (κ3) is 7.53. The first-order valence-electron chi connectivity index (χ1n) is 13.4. The van der Waals surface area contributed by atoms with Crippen LogP contribution in [0.2, 0.25) is 0 Å². The number of aliphatic carboxylic acids is 1. The molecule has 1 aliphatic carbocycles. The molecule has 2 N–H and O–H groups in total. The first kappa shape index (κ1) is 29.1. The van der Waals surface area contributed by atoms with E-state index in [1.54, 1.807) is 12.2 Å². The van der Waals surface area contributed by atoms with Crippen molar-refractivity contribution in [1.82, 2.24) is 10.2 Å². The summed E-state index contributed by atoms with van der Waals surface area (Å²) in [6.07, 6.45) is 8.13. The number of hydrogen-bond acceptors (Lipinski definition) is 4. The fourth-order valence-corrected chi connectivity index (χ4v) is 5.27. The van der Waals surface area contributed by atoms with Gasteiger partial charge in [-0.15, -0.1) is 0 Å². The predicted octanol–water partition coefficient (Wildman–Crippen LogP) is 5.09. The number of aliphatic imine (C=N–C) groups is 1. The van der Waals surface area contributed by atoms with Crippen LogP contribution in [0.15, 0.2) is 71.8 Å². The van der Waals surface area contributed by atoms with Gasteiger partial charge >= 0.3 is 5.97 Å². The number of benzene rings is 1. The summed E-state index contributed by atoms with van der Waals surface area (Å²) in [6.45, 7) is 15.1. The van der Waals surface area contributed by atoms with Crippen LogP contribution in [0.4, 0.5) is 0 Å². The van der Waals surface area contributed by atoms with Gasteiger partial charge in [0.15, 0.2) is 0 Å². The van der Waals surface area contributed by atoms with Gasteiger partial charge in [-0.05, 0) is 67.1 Å². The van der Waals surface area contributed by atoms with E-state index in [2.05, 4.69) is 51.4 Å². The van der Waals surface area contributed by atoms with E-state index in [-0.39, 0.29) is 29.9 Å². The molecule has 3 rings (SSSR count). The molecule has 0 bridgehead atoms. The van der Waals surface area contributed by atoms with Crippen LogP contribution in [0, 0.1) is 11.3 Å². The van der Waals surface area contributed by atoms with Gasteiger partial charge in [0.2, 0.25) is 0 Å². The number of aryl methyl sites for hydroxylation is 1. The van der Waals surface area contributed by atoms with Crippen molar-refractivity contribution in [2.24, 2.45) is 16.3 Å². The van der Waals surface area contributed by atoms with Crippen LogP contribution in [-0.4, -0.2) is 52.3 Å². The van der Waals surface area contributed by atoms with Gasteiger partial charge in [-0.2, -0.15) is 0 Å². The molecule has 1 spiro atoms. The lowest BCUT2D eigenvalue weighted by atomic mass is 9.69. The van der Waals surface area contributed by atoms with Crippen LogP contribution in [0.25, 0.3) is 0 Å². The highest BCUT2D eigenvalue weighted by atomic mass is 16.4. The van der Waals surface area contributed by atoms with E-state index in [4.69, 9.17) is 10.1 Å². The summed E-state index contributed by atoms with van der Waals surface area (Å²) in [7, 11) is 0. The molecule has 0 radical (unpaired) electrons. The molecular formula is C31H41N3O4. The molecule has 1 heterocycles. The van der Waals surface area contributed by atoms with E-state index in [1.165, 1.54) is 5.56 Å². The van der Waals surface area contributed by atoms with E-state index in [1.807, 2.05) is 23.1 Å². The number of amides is 2. The Bertz CT molecular complexity index is 1120. The van der Waals surface area contributed by atoms with E-state index in [9.17, 15) is 14.4 Å². The number of rotatable bonds is 11. The molecule has 1 aromatic rings. The molecule has 204 valence electrons. The number of nitrogens with one attached hydrogen (secondary N) is 1. The molecule has 0 unspecified atom stereocenters. The Morgan fingerprint density at radius 2 is 1.79 bits per heavy atom. The molecule has 7 nitrogen and oxygen atoms in total. The highest BCUT2D eigenvalue weighted by molar-refractivity contribution is 6.40. The van der Waals surface area contributed by atoms with Gasteiger partial charge in [-0.1, -0.05) is 70.3 Å². The third-order valence-electron chi connectivity index (χ3n) is 7.64. The topological polar surface area (TPSA) is 99.1 Å². The van der Waals surface area contributed by atoms with Crippen molar-refractivity contribution >= 4 is 23.5 Å². The zero-order valence-corrected chi connectivity index (χ0v) is 23.0. The van der Waals surface area contributed by atoms with E-state index in [0.717, 1.165) is 32.1 Å². The Hall–Kier alpha value is -3.48. The molecule has 7 heteroatoms. The van der Waals surface area contributed by atoms with Crippen molar-refractivity contribution in [3.8, 4) is 0 Å². The van der Waals surface area contributed by atoms with Crippen molar-refractivity contribution in [2.45, 2.75) is 71.4 Å². The molecule has 0 saturated heterocycles. The molecule has 0 atom stereocenters. The lowest BCUT2D eigenvalue weighted by Gasteiger charge is -2.45. The summed E-state index contributed by atoms with van der Waals surface area (Å²) >= 11 is 0. The Kier molecular flexibility index (Phi) is 9.47. The monoisotopic (exact) mass is 519 g/mol. The van der Waals surface area contributed by atoms with Crippen LogP contribution in [0.3, 0.4) is 0 Å². The second-order valence-corrected chi connectivity index (χ2v) is 11.5. The van der Waals surface area contributed by atoms with E-state index >= 15 is 0 Å². The van der Waals surface area contributed by atoms with Gasteiger partial charge in [-0.25, -0.2) is 0 Å². The summed E-state index contributed by atoms with van der Waals surface area (Å²) in [5, 5.41) is 11.3. The molecule has 1 saturated carbocycles. The third-order valence-corrected chi connectivity index (χ3v) is 7.64. The first-order chi connectivity index (χ1) is 17.9. The van der Waals surface area contributed by atoms with Crippen LogP contribution >= 0.6 is 0 Å². The molecule has 1 fully saturated rings. The molecule has 0 aromatic heterocycles. The van der Waals surface area contributed by atoms with Crippen LogP contribution < -0.4 is 5.32 Å². The number of nitrogens with zero attached hydrogens (tertiary/aromatic N) is 2. The first-order valence-corrected chi connectivity index (χ1v) is 13.4. The fourth-order valence-electron chi connectivity index (χ4n) is 5.27. The number of carbonyl (C=O) groups excluding carboxylic acids is 2. The Morgan fingerprint density at radius 3 is 2.39 bits per heavy atom. The maximum Gasteiger partial charge on any atom is 0.305 e. The van der Waals surface area contributed by atoms with E-state index < -0.39 is 17.5 Å². The highest BCUT2D eigenvalue weighted by Crippen LogP contribution is 2.46. The maximum absolute atomic E-state index is 13.6. The van der Waals surface area contributed by atoms with Crippen molar-refractivity contribution in [3.63, 3.8) is 0 Å². The van der Waals surface area contributed by atoms with Crippen molar-refractivity contribution in [1.29, 1.82) is 0 Å². The Labute approximate surface area is 226 Å². The minimum absolute atomic E-state index is 0.0325. The summed E-state index contributed by atoms with van der Waals surface area (Å²) < 4.78 is 0. The number of carboxylic acids is 1. The number of hydrogen-bond donors (Lipinski definition) is 2. The van der Waals surface area contributed by atoms with Crippen molar-refractivity contribution in [2.75, 3.05) is 13.1 Å². The average Bonchev–Trinajstić information content (AvgIpc) is 3.11. The summed E-state index contributed by atoms with van der Waals surface area (Å²) in [6, 6.07) is 10.1. The van der Waals surface area contributed by atoms with Crippen LogP contribution in [0.5, 0.6) is 0 Å². The maximum atomic E-state index is 13.6. The van der Waals surface area contributed by atoms with Gasteiger partial charge < -0.3 is 15.3 Å². The predicted molar refractivity (Wildman–Crippen MR) is 151 cm³/mol. The van der Waals surface area contributed by atoms with Gasteiger partial charge in [0.05, 0.1) is 6.42 Å². The fraction of sp³-hybridized carbons (Fsp3) is 0.484. The molecule has 1 aliphatic heterocycles. The molecule has 2 amide bonds. The zero-order chi connectivity index (χ0) is 27.9. The number of carboxylic acid groups (broad SMARTS) is 1. The van der Waals surface area contributed by atoms with Gasteiger partial charge in [-0.3, -0.25) is 19.4 Å². The Morgan fingerprint density at radius 1 is 1.13 bits per heavy atom. The smallest absolute Gasteiger partial charge is 0.305 e. The summed E-state index contributed by atoms with van der Waals surface area (Å²) in [5.74, 6) is -0.864. The average molecular weight is 520 g/mol. The van der Waals surface area contributed by atoms with Crippen LogP contribution in [-0.2, 0) is 20.8 Å². The normalized spacial score (nSPS) is 21.6. The quantitative estimate of drug-likeness (QED) is 0.314. The minimum atomic E-state index is -0.981. The lowest BCUT2D eigenvalue weighted by Crippen LogP contribution is -2.50. The summed E-state index contributed by atoms with van der Waals surface area (Å²) in [5.41, 5.74) is 2.35. The largest absolute Gasteiger partial charge is 0.481 e. The van der Waals surface area contributed by atoms with E-state index in [0.29, 0.717) is 30.2 Å². The lowest BCUT2D eigenvalue weighted by molar-refractivity contribution is -0.137. The van der Waals surface area contributed by atoms with Crippen LogP contribution in [0.1, 0.15) is 64.9 Å². The minimum Gasteiger partial charge on any atom is -0.481 e. The van der Waals surface area contributed by atoms with Gasteiger partial charge in [0, 0.05) is 18.7 Å². The molecule has 1 aromatic carbocycles. The molecular weight excluding hydrogens is 478 g/mol. The van der Waals surface area contributed by atoms with Gasteiger partial charge in [0.1, 0.15) is 11.4 Å². The standard InChI is InChI=1S/C31H41N3O4/c1-22(11-12-23(2)28(37)32-20-17-27(35)36)21-34-29(38)26(14-13-24-9-7-6-8-10-24)33-31(34)18-15-25(16-19-31)30(3,4)5/h6-12,25H,1-2,13-21H2,3-5H3,(H,32,37)(H,35,36)/b12-11-.